The van der Waals surface area contributed by atoms with Gasteiger partial charge in [0.1, 0.15) is 6.61 Å². The fraction of sp³-hybridized carbons (Fsp3) is 0.933. The lowest BCUT2D eigenvalue weighted by atomic mass is 9.96. The maximum Gasteiger partial charge on any atom is 0.337 e. The third kappa shape index (κ3) is 7.82. The van der Waals surface area contributed by atoms with Crippen molar-refractivity contribution in [2.75, 3.05) is 19.8 Å². The minimum atomic E-state index is -1.04. The van der Waals surface area contributed by atoms with Gasteiger partial charge < -0.3 is 19.3 Å². The molecule has 0 radical (unpaired) electrons. The van der Waals surface area contributed by atoms with E-state index >= 15 is 0 Å². The van der Waals surface area contributed by atoms with E-state index in [0.717, 1.165) is 0 Å². The zero-order valence-electron chi connectivity index (χ0n) is 13.9. The standard InChI is InChI=1S/C15H30O5/c1-11(2)20-12(3)8-18-13(17)15(6,7)19-10-14(4,5)9-16/h11-12,16H,8-10H2,1-7H3. The summed E-state index contributed by atoms with van der Waals surface area (Å²) in [4.78, 5) is 12.0. The highest BCUT2D eigenvalue weighted by Crippen LogP contribution is 2.20. The number of esters is 1. The molecule has 5 nitrogen and oxygen atoms in total. The number of aliphatic hydroxyl groups excluding tert-OH is 1. The van der Waals surface area contributed by atoms with Crippen molar-refractivity contribution < 1.29 is 24.1 Å². The van der Waals surface area contributed by atoms with Crippen LogP contribution in [0.25, 0.3) is 0 Å². The van der Waals surface area contributed by atoms with Gasteiger partial charge in [0.15, 0.2) is 5.60 Å². The van der Waals surface area contributed by atoms with Crippen molar-refractivity contribution in [3.05, 3.63) is 0 Å². The monoisotopic (exact) mass is 290 g/mol. The first-order chi connectivity index (χ1) is 9.00. The number of aliphatic hydroxyl groups is 1. The van der Waals surface area contributed by atoms with Gasteiger partial charge in [-0.25, -0.2) is 4.79 Å². The molecule has 0 heterocycles. The van der Waals surface area contributed by atoms with Crippen LogP contribution in [0.3, 0.4) is 0 Å². The molecule has 0 spiro atoms. The molecule has 0 saturated heterocycles. The Labute approximate surface area is 122 Å². The SMILES string of the molecule is CC(C)OC(C)COC(=O)C(C)(C)OCC(C)(C)CO. The average molecular weight is 290 g/mol. The number of carbonyl (C=O) groups excluding carboxylic acids is 1. The molecule has 0 amide bonds. The second kappa shape index (κ2) is 7.96. The Morgan fingerprint density at radius 1 is 1.15 bits per heavy atom. The van der Waals surface area contributed by atoms with Crippen molar-refractivity contribution >= 4 is 5.97 Å². The third-order valence-corrected chi connectivity index (χ3v) is 2.70. The Morgan fingerprint density at radius 3 is 2.15 bits per heavy atom. The fourth-order valence-corrected chi connectivity index (χ4v) is 1.35. The van der Waals surface area contributed by atoms with Gasteiger partial charge in [0.2, 0.25) is 0 Å². The molecule has 0 saturated carbocycles. The average Bonchev–Trinajstić information content (AvgIpc) is 2.33. The van der Waals surface area contributed by atoms with Crippen molar-refractivity contribution in [1.82, 2.24) is 0 Å². The normalized spacial score (nSPS) is 14.4. The van der Waals surface area contributed by atoms with Gasteiger partial charge in [-0.2, -0.15) is 0 Å². The number of ether oxygens (including phenoxy) is 3. The number of carbonyl (C=O) groups is 1. The van der Waals surface area contributed by atoms with Crippen LogP contribution >= 0.6 is 0 Å². The van der Waals surface area contributed by atoms with Gasteiger partial charge in [-0.05, 0) is 34.6 Å². The summed E-state index contributed by atoms with van der Waals surface area (Å²) in [7, 11) is 0. The van der Waals surface area contributed by atoms with Crippen molar-refractivity contribution in [3.63, 3.8) is 0 Å². The highest BCUT2D eigenvalue weighted by molar-refractivity contribution is 5.78. The molecule has 1 unspecified atom stereocenters. The quantitative estimate of drug-likeness (QED) is 0.659. The molecule has 0 aliphatic heterocycles. The van der Waals surface area contributed by atoms with E-state index < -0.39 is 11.6 Å². The summed E-state index contributed by atoms with van der Waals surface area (Å²) >= 11 is 0. The molecule has 0 aromatic heterocycles. The Kier molecular flexibility index (Phi) is 7.70. The summed E-state index contributed by atoms with van der Waals surface area (Å²) in [5.74, 6) is -0.426. The van der Waals surface area contributed by atoms with Gasteiger partial charge in [0, 0.05) is 5.41 Å². The molecule has 0 fully saturated rings. The zero-order valence-corrected chi connectivity index (χ0v) is 13.9. The van der Waals surface area contributed by atoms with Gasteiger partial charge in [0.05, 0.1) is 25.4 Å². The molecule has 1 N–H and O–H groups in total. The fourth-order valence-electron chi connectivity index (χ4n) is 1.35. The Morgan fingerprint density at radius 2 is 1.70 bits per heavy atom. The Hall–Kier alpha value is -0.650. The molecule has 120 valence electrons. The highest BCUT2D eigenvalue weighted by atomic mass is 16.6. The maximum atomic E-state index is 12.0. The minimum Gasteiger partial charge on any atom is -0.461 e. The van der Waals surface area contributed by atoms with Crippen LogP contribution in [0.5, 0.6) is 0 Å². The largest absolute Gasteiger partial charge is 0.461 e. The molecular weight excluding hydrogens is 260 g/mol. The molecule has 0 aliphatic rings. The lowest BCUT2D eigenvalue weighted by Crippen LogP contribution is -2.41. The van der Waals surface area contributed by atoms with Crippen LogP contribution in [-0.2, 0) is 19.0 Å². The van der Waals surface area contributed by atoms with Gasteiger partial charge >= 0.3 is 5.97 Å². The van der Waals surface area contributed by atoms with E-state index in [1.54, 1.807) is 13.8 Å². The van der Waals surface area contributed by atoms with Crippen LogP contribution in [0.4, 0.5) is 0 Å². The van der Waals surface area contributed by atoms with E-state index in [-0.39, 0.29) is 37.4 Å². The second-order valence-corrected chi connectivity index (χ2v) is 6.72. The lowest BCUT2D eigenvalue weighted by Gasteiger charge is -2.29. The molecule has 0 rings (SSSR count). The van der Waals surface area contributed by atoms with E-state index in [2.05, 4.69) is 0 Å². The molecule has 0 bridgehead atoms. The molecule has 0 aromatic rings. The lowest BCUT2D eigenvalue weighted by molar-refractivity contribution is -0.176. The predicted octanol–water partition coefficient (Wildman–Crippen LogP) is 2.16. The number of hydrogen-bond acceptors (Lipinski definition) is 5. The number of hydrogen-bond donors (Lipinski definition) is 1. The Balaban J connectivity index is 4.24. The van der Waals surface area contributed by atoms with E-state index in [1.807, 2.05) is 34.6 Å². The summed E-state index contributed by atoms with van der Waals surface area (Å²) in [6.45, 7) is 13.3. The van der Waals surface area contributed by atoms with Crippen LogP contribution in [0, 0.1) is 5.41 Å². The molecule has 0 aromatic carbocycles. The predicted molar refractivity (Wildman–Crippen MR) is 77.5 cm³/mol. The van der Waals surface area contributed by atoms with Crippen LogP contribution in [-0.4, -0.2) is 48.7 Å². The van der Waals surface area contributed by atoms with E-state index in [9.17, 15) is 9.90 Å². The van der Waals surface area contributed by atoms with Crippen molar-refractivity contribution in [2.24, 2.45) is 5.41 Å². The van der Waals surface area contributed by atoms with Crippen molar-refractivity contribution in [3.8, 4) is 0 Å². The molecule has 0 aliphatic carbocycles. The van der Waals surface area contributed by atoms with Crippen LogP contribution < -0.4 is 0 Å². The van der Waals surface area contributed by atoms with E-state index in [1.165, 1.54) is 0 Å². The van der Waals surface area contributed by atoms with Gasteiger partial charge in [-0.3, -0.25) is 0 Å². The number of rotatable bonds is 9. The molecule has 20 heavy (non-hydrogen) atoms. The first-order valence-electron chi connectivity index (χ1n) is 7.07. The minimum absolute atomic E-state index is 0.00259. The summed E-state index contributed by atoms with van der Waals surface area (Å²) in [5, 5.41) is 9.18. The maximum absolute atomic E-state index is 12.0. The van der Waals surface area contributed by atoms with Crippen molar-refractivity contribution in [1.29, 1.82) is 0 Å². The van der Waals surface area contributed by atoms with Crippen molar-refractivity contribution in [2.45, 2.75) is 66.3 Å². The van der Waals surface area contributed by atoms with Gasteiger partial charge in [-0.15, -0.1) is 0 Å². The molecular formula is C15H30O5. The first kappa shape index (κ1) is 19.4. The molecule has 1 atom stereocenters. The summed E-state index contributed by atoms with van der Waals surface area (Å²) in [6.07, 6.45) is -0.0538. The van der Waals surface area contributed by atoms with Crippen LogP contribution in [0.2, 0.25) is 0 Å². The topological polar surface area (TPSA) is 65.0 Å². The van der Waals surface area contributed by atoms with Crippen LogP contribution in [0.15, 0.2) is 0 Å². The molecule has 5 heteroatoms. The highest BCUT2D eigenvalue weighted by Gasteiger charge is 2.33. The van der Waals surface area contributed by atoms with E-state index in [0.29, 0.717) is 0 Å². The summed E-state index contributed by atoms with van der Waals surface area (Å²) < 4.78 is 16.3. The van der Waals surface area contributed by atoms with Gasteiger partial charge in [0.25, 0.3) is 0 Å². The van der Waals surface area contributed by atoms with Gasteiger partial charge in [-0.1, -0.05) is 13.8 Å². The zero-order chi connectivity index (χ0) is 16.0. The summed E-state index contributed by atoms with van der Waals surface area (Å²) in [6, 6.07) is 0. The second-order valence-electron chi connectivity index (χ2n) is 6.72. The first-order valence-corrected chi connectivity index (χ1v) is 7.07. The summed E-state index contributed by atoms with van der Waals surface area (Å²) in [5.41, 5.74) is -1.42. The van der Waals surface area contributed by atoms with Crippen LogP contribution in [0.1, 0.15) is 48.5 Å². The Bertz CT molecular complexity index is 297. The third-order valence-electron chi connectivity index (χ3n) is 2.70. The van der Waals surface area contributed by atoms with E-state index in [4.69, 9.17) is 14.2 Å². The smallest absolute Gasteiger partial charge is 0.337 e.